The van der Waals surface area contributed by atoms with Crippen LogP contribution in [0.1, 0.15) is 24.9 Å². The van der Waals surface area contributed by atoms with Gasteiger partial charge in [0.05, 0.1) is 5.02 Å². The van der Waals surface area contributed by atoms with E-state index in [1.54, 1.807) is 0 Å². The van der Waals surface area contributed by atoms with Crippen LogP contribution in [0, 0.1) is 0 Å². The van der Waals surface area contributed by atoms with Crippen molar-refractivity contribution in [2.45, 2.75) is 19.4 Å². The van der Waals surface area contributed by atoms with Gasteiger partial charge in [-0.25, -0.2) is 0 Å². The molecule has 1 unspecified atom stereocenters. The molecule has 3 N–H and O–H groups in total. The van der Waals surface area contributed by atoms with Gasteiger partial charge in [-0.15, -0.1) is 6.58 Å². The molecule has 0 heterocycles. The fraction of sp³-hybridized carbons (Fsp3) is 0.273. The Morgan fingerprint density at radius 1 is 1.67 bits per heavy atom. The number of nitrogens with one attached hydrogen (secondary N) is 1. The summed E-state index contributed by atoms with van der Waals surface area (Å²) in [6.45, 7) is 5.86. The summed E-state index contributed by atoms with van der Waals surface area (Å²) in [5.74, 6) is 5.50. The first-order valence-electron chi connectivity index (χ1n) is 4.60. The molecule has 1 aromatic carbocycles. The maximum Gasteiger partial charge on any atom is 0.0548 e. The van der Waals surface area contributed by atoms with Crippen molar-refractivity contribution in [2.24, 2.45) is 5.84 Å². The minimum atomic E-state index is 0.0797. The van der Waals surface area contributed by atoms with Crippen molar-refractivity contribution >= 4 is 27.5 Å². The lowest BCUT2D eigenvalue weighted by atomic mass is 10.0. The molecule has 0 fully saturated rings. The Kier molecular flexibility index (Phi) is 4.80. The molecule has 0 saturated carbocycles. The molecule has 0 spiro atoms. The Morgan fingerprint density at radius 3 is 2.80 bits per heavy atom. The molecule has 0 bridgehead atoms. The number of hydrogen-bond acceptors (Lipinski definition) is 2. The van der Waals surface area contributed by atoms with E-state index in [4.69, 9.17) is 17.4 Å². The molecule has 0 aliphatic rings. The zero-order valence-electron chi connectivity index (χ0n) is 8.56. The van der Waals surface area contributed by atoms with Crippen LogP contribution in [0.4, 0.5) is 0 Å². The molecule has 15 heavy (non-hydrogen) atoms. The predicted octanol–water partition coefficient (Wildman–Crippen LogP) is 3.57. The van der Waals surface area contributed by atoms with E-state index in [-0.39, 0.29) is 6.04 Å². The second-order valence-corrected chi connectivity index (χ2v) is 4.82. The maximum absolute atomic E-state index is 5.92. The predicted molar refractivity (Wildman–Crippen MR) is 68.6 cm³/mol. The molecule has 0 aliphatic carbocycles. The van der Waals surface area contributed by atoms with Crippen molar-refractivity contribution in [1.82, 2.24) is 5.43 Å². The third-order valence-corrected chi connectivity index (χ3v) is 3.31. The summed E-state index contributed by atoms with van der Waals surface area (Å²) >= 11 is 9.30. The highest BCUT2D eigenvalue weighted by molar-refractivity contribution is 9.10. The van der Waals surface area contributed by atoms with Crippen LogP contribution in [0.25, 0.3) is 0 Å². The molecule has 0 saturated heterocycles. The molecular weight excluding hydrogens is 275 g/mol. The van der Waals surface area contributed by atoms with Crippen LogP contribution < -0.4 is 11.3 Å². The standard InChI is InChI=1S/C11H14BrClN2/c1-7(2)5-11(15-14)8-3-4-10(13)9(12)6-8/h3-4,6,11,15H,1,5,14H2,2H3. The van der Waals surface area contributed by atoms with E-state index in [2.05, 4.69) is 27.9 Å². The summed E-state index contributed by atoms with van der Waals surface area (Å²) in [5, 5.41) is 0.699. The largest absolute Gasteiger partial charge is 0.271 e. The summed E-state index contributed by atoms with van der Waals surface area (Å²) in [4.78, 5) is 0. The maximum atomic E-state index is 5.92. The van der Waals surface area contributed by atoms with Crippen molar-refractivity contribution in [1.29, 1.82) is 0 Å². The summed E-state index contributed by atoms with van der Waals surface area (Å²) in [6.07, 6.45) is 0.810. The van der Waals surface area contributed by atoms with E-state index in [9.17, 15) is 0 Å². The van der Waals surface area contributed by atoms with Crippen molar-refractivity contribution in [3.05, 3.63) is 45.4 Å². The molecule has 2 nitrogen and oxygen atoms in total. The Bertz CT molecular complexity index is 366. The van der Waals surface area contributed by atoms with Gasteiger partial charge in [-0.3, -0.25) is 11.3 Å². The first-order valence-corrected chi connectivity index (χ1v) is 5.77. The van der Waals surface area contributed by atoms with E-state index >= 15 is 0 Å². The van der Waals surface area contributed by atoms with Crippen LogP contribution >= 0.6 is 27.5 Å². The number of hydrogen-bond donors (Lipinski definition) is 2. The first-order chi connectivity index (χ1) is 7.04. The molecule has 82 valence electrons. The summed E-state index contributed by atoms with van der Waals surface area (Å²) in [6, 6.07) is 5.86. The summed E-state index contributed by atoms with van der Waals surface area (Å²) < 4.78 is 0.878. The Morgan fingerprint density at radius 2 is 2.33 bits per heavy atom. The highest BCUT2D eigenvalue weighted by atomic mass is 79.9. The smallest absolute Gasteiger partial charge is 0.0548 e. The lowest BCUT2D eigenvalue weighted by Gasteiger charge is -2.16. The fourth-order valence-electron chi connectivity index (χ4n) is 1.35. The topological polar surface area (TPSA) is 38.0 Å². The first kappa shape index (κ1) is 12.7. The van der Waals surface area contributed by atoms with E-state index in [1.165, 1.54) is 0 Å². The second-order valence-electron chi connectivity index (χ2n) is 3.55. The molecule has 4 heteroatoms. The van der Waals surface area contributed by atoms with Gasteiger partial charge in [0.25, 0.3) is 0 Å². The van der Waals surface area contributed by atoms with Gasteiger partial charge in [0, 0.05) is 10.5 Å². The van der Waals surface area contributed by atoms with Gasteiger partial charge in [-0.2, -0.15) is 0 Å². The van der Waals surface area contributed by atoms with E-state index in [0.717, 1.165) is 22.0 Å². The van der Waals surface area contributed by atoms with Crippen LogP contribution in [-0.2, 0) is 0 Å². The molecule has 1 aromatic rings. The molecule has 0 amide bonds. The highest BCUT2D eigenvalue weighted by Crippen LogP contribution is 2.27. The van der Waals surface area contributed by atoms with Crippen LogP contribution in [0.5, 0.6) is 0 Å². The monoisotopic (exact) mass is 288 g/mol. The van der Waals surface area contributed by atoms with Gasteiger partial charge in [0.2, 0.25) is 0 Å². The zero-order chi connectivity index (χ0) is 11.4. The van der Waals surface area contributed by atoms with Crippen LogP contribution in [0.3, 0.4) is 0 Å². The number of rotatable bonds is 4. The quantitative estimate of drug-likeness (QED) is 0.505. The number of benzene rings is 1. The minimum absolute atomic E-state index is 0.0797. The SMILES string of the molecule is C=C(C)CC(NN)c1ccc(Cl)c(Br)c1. The molecule has 0 aromatic heterocycles. The van der Waals surface area contributed by atoms with Crippen LogP contribution in [0.15, 0.2) is 34.8 Å². The van der Waals surface area contributed by atoms with Gasteiger partial charge in [0.1, 0.15) is 0 Å². The average Bonchev–Trinajstić information content (AvgIpc) is 2.18. The third-order valence-electron chi connectivity index (χ3n) is 2.10. The number of hydrazine groups is 1. The second kappa shape index (κ2) is 5.66. The molecule has 0 aliphatic heterocycles. The number of halogens is 2. The molecule has 1 atom stereocenters. The third kappa shape index (κ3) is 3.61. The Hall–Kier alpha value is -0.350. The van der Waals surface area contributed by atoms with Gasteiger partial charge < -0.3 is 0 Å². The summed E-state index contributed by atoms with van der Waals surface area (Å²) in [5.41, 5.74) is 4.95. The van der Waals surface area contributed by atoms with Gasteiger partial charge >= 0.3 is 0 Å². The Balaban J connectivity index is 2.92. The van der Waals surface area contributed by atoms with E-state index < -0.39 is 0 Å². The van der Waals surface area contributed by atoms with Crippen LogP contribution in [0.2, 0.25) is 5.02 Å². The van der Waals surface area contributed by atoms with E-state index in [1.807, 2.05) is 25.1 Å². The van der Waals surface area contributed by atoms with Gasteiger partial charge in [-0.05, 0) is 47.0 Å². The van der Waals surface area contributed by atoms with Gasteiger partial charge in [0.15, 0.2) is 0 Å². The molecule has 1 rings (SSSR count). The normalized spacial score (nSPS) is 12.5. The highest BCUT2D eigenvalue weighted by Gasteiger charge is 2.10. The average molecular weight is 290 g/mol. The molecular formula is C11H14BrClN2. The van der Waals surface area contributed by atoms with Crippen molar-refractivity contribution in [3.8, 4) is 0 Å². The van der Waals surface area contributed by atoms with Crippen molar-refractivity contribution in [2.75, 3.05) is 0 Å². The zero-order valence-corrected chi connectivity index (χ0v) is 10.9. The van der Waals surface area contributed by atoms with E-state index in [0.29, 0.717) is 5.02 Å². The summed E-state index contributed by atoms with van der Waals surface area (Å²) in [7, 11) is 0. The Labute approximate surface area is 104 Å². The number of nitrogens with two attached hydrogens (primary N) is 1. The molecule has 0 radical (unpaired) electrons. The van der Waals surface area contributed by atoms with Crippen molar-refractivity contribution < 1.29 is 0 Å². The fourth-order valence-corrected chi connectivity index (χ4v) is 1.86. The van der Waals surface area contributed by atoms with Gasteiger partial charge in [-0.1, -0.05) is 23.2 Å². The lowest BCUT2D eigenvalue weighted by molar-refractivity contribution is 0.550. The van der Waals surface area contributed by atoms with Crippen LogP contribution in [-0.4, -0.2) is 0 Å². The minimum Gasteiger partial charge on any atom is -0.271 e. The van der Waals surface area contributed by atoms with Crippen molar-refractivity contribution in [3.63, 3.8) is 0 Å². The lowest BCUT2D eigenvalue weighted by Crippen LogP contribution is -2.28.